The highest BCUT2D eigenvalue weighted by atomic mass is 16.5. The first-order valence-electron chi connectivity index (χ1n) is 6.80. The van der Waals surface area contributed by atoms with Crippen LogP contribution in [-0.2, 0) is 9.47 Å². The molecular weight excluding hydrogens is 212 g/mol. The summed E-state index contributed by atoms with van der Waals surface area (Å²) in [5, 5.41) is 0. The van der Waals surface area contributed by atoms with Crippen molar-refractivity contribution < 1.29 is 9.47 Å². The summed E-state index contributed by atoms with van der Waals surface area (Å²) in [5.41, 5.74) is 0. The first-order chi connectivity index (χ1) is 8.13. The summed E-state index contributed by atoms with van der Waals surface area (Å²) < 4.78 is 11.6. The summed E-state index contributed by atoms with van der Waals surface area (Å²) in [7, 11) is 0. The van der Waals surface area contributed by atoms with E-state index in [4.69, 9.17) is 9.47 Å². The predicted molar refractivity (Wildman–Crippen MR) is 69.3 cm³/mol. The van der Waals surface area contributed by atoms with E-state index in [0.29, 0.717) is 29.8 Å². The zero-order valence-corrected chi connectivity index (χ0v) is 11.3. The molecule has 2 heterocycles. The van der Waals surface area contributed by atoms with Gasteiger partial charge in [0.25, 0.3) is 0 Å². The molecule has 0 aromatic heterocycles. The summed E-state index contributed by atoms with van der Waals surface area (Å²) in [6, 6.07) is 0. The van der Waals surface area contributed by atoms with Gasteiger partial charge in [-0.05, 0) is 36.3 Å². The molecule has 0 spiro atoms. The molecule has 0 fully saturated rings. The fraction of sp³-hybridized carbons (Fsp3) is 0.733. The smallest absolute Gasteiger partial charge is 0.101 e. The molecule has 17 heavy (non-hydrogen) atoms. The van der Waals surface area contributed by atoms with Gasteiger partial charge in [-0.25, -0.2) is 0 Å². The topological polar surface area (TPSA) is 18.5 Å². The number of rotatable bonds is 2. The molecule has 0 aromatic rings. The van der Waals surface area contributed by atoms with Crippen LogP contribution in [0, 0.1) is 23.7 Å². The Hall–Kier alpha value is -0.920. The van der Waals surface area contributed by atoms with Crippen molar-refractivity contribution in [2.24, 2.45) is 23.7 Å². The van der Waals surface area contributed by atoms with E-state index in [-0.39, 0.29) is 0 Å². The van der Waals surface area contributed by atoms with Crippen LogP contribution in [0.4, 0.5) is 0 Å². The second-order valence-electron chi connectivity index (χ2n) is 5.48. The van der Waals surface area contributed by atoms with Gasteiger partial charge in [-0.2, -0.15) is 0 Å². The number of allylic oxidation sites excluding steroid dienone is 2. The van der Waals surface area contributed by atoms with E-state index in [0.717, 1.165) is 18.8 Å². The van der Waals surface area contributed by atoms with Crippen molar-refractivity contribution >= 4 is 0 Å². The molecule has 96 valence electrons. The highest BCUT2D eigenvalue weighted by molar-refractivity contribution is 5.11. The monoisotopic (exact) mass is 236 g/mol. The second-order valence-corrected chi connectivity index (χ2v) is 5.48. The standard InChI is InChI=1S/C15H24O2/c1-5-14-12(4)11(3)8-15(17-14)13-9-16-7-6-10(13)2/h6-8,10-14H,5,9H2,1-4H3. The van der Waals surface area contributed by atoms with Crippen molar-refractivity contribution in [3.63, 3.8) is 0 Å². The molecule has 0 aromatic carbocycles. The average Bonchev–Trinajstić information content (AvgIpc) is 2.33. The lowest BCUT2D eigenvalue weighted by Crippen LogP contribution is -2.34. The third-order valence-corrected chi connectivity index (χ3v) is 4.29. The fourth-order valence-electron chi connectivity index (χ4n) is 2.70. The first kappa shape index (κ1) is 12.5. The second kappa shape index (κ2) is 5.16. The molecule has 0 saturated heterocycles. The average molecular weight is 236 g/mol. The Labute approximate surface area is 105 Å². The third kappa shape index (κ3) is 2.51. The van der Waals surface area contributed by atoms with Crippen LogP contribution < -0.4 is 0 Å². The van der Waals surface area contributed by atoms with Crippen LogP contribution in [0.25, 0.3) is 0 Å². The molecule has 0 N–H and O–H groups in total. The molecule has 2 nitrogen and oxygen atoms in total. The largest absolute Gasteiger partial charge is 0.501 e. The molecule has 0 bridgehead atoms. The van der Waals surface area contributed by atoms with E-state index in [1.807, 2.05) is 6.26 Å². The Kier molecular flexibility index (Phi) is 3.80. The molecule has 5 unspecified atom stereocenters. The highest BCUT2D eigenvalue weighted by Gasteiger charge is 2.33. The van der Waals surface area contributed by atoms with Crippen LogP contribution in [0.2, 0.25) is 0 Å². The maximum atomic E-state index is 6.18. The molecule has 0 radical (unpaired) electrons. The molecule has 2 heteroatoms. The van der Waals surface area contributed by atoms with Gasteiger partial charge in [-0.1, -0.05) is 27.7 Å². The highest BCUT2D eigenvalue weighted by Crippen LogP contribution is 2.36. The quantitative estimate of drug-likeness (QED) is 0.727. The Morgan fingerprint density at radius 3 is 2.65 bits per heavy atom. The lowest BCUT2D eigenvalue weighted by Gasteiger charge is -2.38. The lowest BCUT2D eigenvalue weighted by atomic mass is 9.82. The first-order valence-corrected chi connectivity index (χ1v) is 6.80. The van der Waals surface area contributed by atoms with Crippen molar-refractivity contribution in [3.05, 3.63) is 24.2 Å². The van der Waals surface area contributed by atoms with E-state index >= 15 is 0 Å². The van der Waals surface area contributed by atoms with Crippen molar-refractivity contribution in [2.75, 3.05) is 6.61 Å². The Morgan fingerprint density at radius 1 is 1.24 bits per heavy atom. The molecule has 0 amide bonds. The van der Waals surface area contributed by atoms with Crippen LogP contribution in [0.15, 0.2) is 24.2 Å². The molecule has 2 aliphatic heterocycles. The van der Waals surface area contributed by atoms with Crippen molar-refractivity contribution in [2.45, 2.75) is 40.2 Å². The number of hydrogen-bond acceptors (Lipinski definition) is 2. The zero-order valence-electron chi connectivity index (χ0n) is 11.3. The van der Waals surface area contributed by atoms with Crippen molar-refractivity contribution in [1.29, 1.82) is 0 Å². The van der Waals surface area contributed by atoms with Gasteiger partial charge in [0.1, 0.15) is 6.10 Å². The van der Waals surface area contributed by atoms with Gasteiger partial charge >= 0.3 is 0 Å². The number of ether oxygens (including phenoxy) is 2. The molecule has 0 aliphatic carbocycles. The predicted octanol–water partition coefficient (Wildman–Crippen LogP) is 3.75. The summed E-state index contributed by atoms with van der Waals surface area (Å²) in [6.45, 7) is 9.77. The van der Waals surface area contributed by atoms with Crippen molar-refractivity contribution in [3.8, 4) is 0 Å². The maximum Gasteiger partial charge on any atom is 0.101 e. The molecule has 2 rings (SSSR count). The van der Waals surface area contributed by atoms with Gasteiger partial charge in [0.15, 0.2) is 0 Å². The van der Waals surface area contributed by atoms with Crippen LogP contribution in [-0.4, -0.2) is 12.7 Å². The van der Waals surface area contributed by atoms with Crippen molar-refractivity contribution in [1.82, 2.24) is 0 Å². The lowest BCUT2D eigenvalue weighted by molar-refractivity contribution is 0.0000645. The summed E-state index contributed by atoms with van der Waals surface area (Å²) in [6.07, 6.45) is 7.69. The van der Waals surface area contributed by atoms with Crippen LogP contribution in [0.3, 0.4) is 0 Å². The Balaban J connectivity index is 2.15. The van der Waals surface area contributed by atoms with Crippen LogP contribution in [0.5, 0.6) is 0 Å². The minimum absolute atomic E-state index is 0.364. The van der Waals surface area contributed by atoms with Gasteiger partial charge in [-0.15, -0.1) is 0 Å². The minimum Gasteiger partial charge on any atom is -0.501 e. The van der Waals surface area contributed by atoms with E-state index in [1.165, 1.54) is 0 Å². The SMILES string of the molecule is CCC1OC(C2COC=CC2C)=CC(C)C1C. The number of hydrogen-bond donors (Lipinski definition) is 0. The van der Waals surface area contributed by atoms with E-state index in [9.17, 15) is 0 Å². The van der Waals surface area contributed by atoms with Gasteiger partial charge in [0.2, 0.25) is 0 Å². The van der Waals surface area contributed by atoms with Gasteiger partial charge < -0.3 is 9.47 Å². The van der Waals surface area contributed by atoms with E-state index < -0.39 is 0 Å². The maximum absolute atomic E-state index is 6.18. The zero-order chi connectivity index (χ0) is 12.4. The van der Waals surface area contributed by atoms with Gasteiger partial charge in [0, 0.05) is 0 Å². The summed E-state index contributed by atoms with van der Waals surface area (Å²) in [5.74, 6) is 3.26. The van der Waals surface area contributed by atoms with Crippen LogP contribution >= 0.6 is 0 Å². The molecule has 5 atom stereocenters. The molecule has 0 saturated carbocycles. The van der Waals surface area contributed by atoms with Gasteiger partial charge in [0.05, 0.1) is 24.5 Å². The Morgan fingerprint density at radius 2 is 2.00 bits per heavy atom. The molecule has 2 aliphatic rings. The summed E-state index contributed by atoms with van der Waals surface area (Å²) >= 11 is 0. The van der Waals surface area contributed by atoms with E-state index in [2.05, 4.69) is 39.8 Å². The van der Waals surface area contributed by atoms with Crippen LogP contribution in [0.1, 0.15) is 34.1 Å². The minimum atomic E-state index is 0.364. The summed E-state index contributed by atoms with van der Waals surface area (Å²) in [4.78, 5) is 0. The fourth-order valence-corrected chi connectivity index (χ4v) is 2.70. The molecular formula is C15H24O2. The van der Waals surface area contributed by atoms with Gasteiger partial charge in [-0.3, -0.25) is 0 Å². The normalized spacial score (nSPS) is 41.4. The third-order valence-electron chi connectivity index (χ3n) is 4.29. The Bertz CT molecular complexity index is 319. The van der Waals surface area contributed by atoms with E-state index in [1.54, 1.807) is 0 Å².